The first-order valence-corrected chi connectivity index (χ1v) is 8.60. The van der Waals surface area contributed by atoms with Gasteiger partial charge in [-0.15, -0.1) is 11.3 Å². The van der Waals surface area contributed by atoms with Gasteiger partial charge in [0.05, 0.1) is 10.6 Å². The van der Waals surface area contributed by atoms with Gasteiger partial charge in [-0.05, 0) is 35.2 Å². The molecular weight excluding hydrogens is 338 g/mol. The molecule has 0 saturated heterocycles. The molecule has 2 amide bonds. The number of pyridine rings is 1. The van der Waals surface area contributed by atoms with Gasteiger partial charge in [-0.3, -0.25) is 4.98 Å². The third-order valence-corrected chi connectivity index (χ3v) is 4.59. The summed E-state index contributed by atoms with van der Waals surface area (Å²) in [7, 11) is 0. The minimum absolute atomic E-state index is 0.206. The van der Waals surface area contributed by atoms with Gasteiger partial charge in [-0.1, -0.05) is 12.1 Å². The zero-order valence-electron chi connectivity index (χ0n) is 13.2. The highest BCUT2D eigenvalue weighted by Gasteiger charge is 2.14. The average Bonchev–Trinajstić information content (AvgIpc) is 3.31. The van der Waals surface area contributed by atoms with Crippen molar-refractivity contribution in [1.82, 2.24) is 10.3 Å². The van der Waals surface area contributed by atoms with E-state index in [0.29, 0.717) is 23.7 Å². The first-order valence-electron chi connectivity index (χ1n) is 7.72. The quantitative estimate of drug-likeness (QED) is 0.747. The van der Waals surface area contributed by atoms with Crippen molar-refractivity contribution in [3.05, 3.63) is 59.6 Å². The van der Waals surface area contributed by atoms with Crippen molar-refractivity contribution >= 4 is 23.1 Å². The predicted octanol–water partition coefficient (Wildman–Crippen LogP) is 3.86. The van der Waals surface area contributed by atoms with Gasteiger partial charge in [0, 0.05) is 24.5 Å². The van der Waals surface area contributed by atoms with Gasteiger partial charge >= 0.3 is 6.03 Å². The second kappa shape index (κ2) is 6.82. The van der Waals surface area contributed by atoms with E-state index in [1.807, 2.05) is 29.6 Å². The van der Waals surface area contributed by atoms with E-state index in [-0.39, 0.29) is 12.8 Å². The lowest BCUT2D eigenvalue weighted by Crippen LogP contribution is -2.28. The topological polar surface area (TPSA) is 72.5 Å². The fraction of sp³-hybridized carbons (Fsp3) is 0.111. The van der Waals surface area contributed by atoms with Gasteiger partial charge in [0.1, 0.15) is 0 Å². The third kappa shape index (κ3) is 3.41. The van der Waals surface area contributed by atoms with Crippen LogP contribution in [0, 0.1) is 0 Å². The van der Waals surface area contributed by atoms with E-state index in [1.54, 1.807) is 35.7 Å². The Morgan fingerprint density at radius 1 is 1.16 bits per heavy atom. The molecule has 0 aliphatic carbocycles. The van der Waals surface area contributed by atoms with Crippen LogP contribution < -0.4 is 20.1 Å². The number of amides is 2. The highest BCUT2D eigenvalue weighted by atomic mass is 32.1. The first-order chi connectivity index (χ1) is 12.3. The fourth-order valence-corrected chi connectivity index (χ4v) is 3.30. The van der Waals surface area contributed by atoms with E-state index in [1.165, 1.54) is 0 Å². The first kappa shape index (κ1) is 15.5. The molecule has 0 fully saturated rings. The fourth-order valence-electron chi connectivity index (χ4n) is 2.54. The molecule has 25 heavy (non-hydrogen) atoms. The maximum Gasteiger partial charge on any atom is 0.319 e. The number of anilines is 1. The number of benzene rings is 1. The largest absolute Gasteiger partial charge is 0.454 e. The molecule has 2 N–H and O–H groups in total. The number of carbonyl (C=O) groups excluding carboxylic acids is 1. The van der Waals surface area contributed by atoms with Crippen molar-refractivity contribution in [3.63, 3.8) is 0 Å². The van der Waals surface area contributed by atoms with Gasteiger partial charge in [-0.25, -0.2) is 4.79 Å². The number of aromatic nitrogens is 1. The van der Waals surface area contributed by atoms with E-state index in [9.17, 15) is 4.79 Å². The molecule has 1 aromatic carbocycles. The van der Waals surface area contributed by atoms with Crippen LogP contribution in [0.4, 0.5) is 10.5 Å². The van der Waals surface area contributed by atoms with Crippen molar-refractivity contribution in [3.8, 4) is 22.1 Å². The number of thiophene rings is 1. The molecule has 1 aliphatic heterocycles. The van der Waals surface area contributed by atoms with Gasteiger partial charge in [0.15, 0.2) is 11.5 Å². The highest BCUT2D eigenvalue weighted by Crippen LogP contribution is 2.34. The monoisotopic (exact) mass is 353 g/mol. The summed E-state index contributed by atoms with van der Waals surface area (Å²) in [6.07, 6.45) is 1.76. The van der Waals surface area contributed by atoms with Crippen molar-refractivity contribution in [2.24, 2.45) is 0 Å². The molecule has 0 bridgehead atoms. The summed E-state index contributed by atoms with van der Waals surface area (Å²) in [5.74, 6) is 1.31. The normalized spacial score (nSPS) is 12.0. The van der Waals surface area contributed by atoms with Crippen molar-refractivity contribution in [2.45, 2.75) is 6.54 Å². The van der Waals surface area contributed by atoms with Gasteiger partial charge in [-0.2, -0.15) is 0 Å². The molecule has 3 aromatic rings. The number of rotatable bonds is 4. The summed E-state index contributed by atoms with van der Waals surface area (Å²) in [5, 5.41) is 7.66. The van der Waals surface area contributed by atoms with E-state index >= 15 is 0 Å². The maximum absolute atomic E-state index is 12.2. The summed E-state index contributed by atoms with van der Waals surface area (Å²) in [6.45, 7) is 0.592. The van der Waals surface area contributed by atoms with Crippen LogP contribution in [-0.2, 0) is 6.54 Å². The van der Waals surface area contributed by atoms with Crippen LogP contribution >= 0.6 is 11.3 Å². The summed E-state index contributed by atoms with van der Waals surface area (Å²) >= 11 is 1.62. The number of nitrogens with one attached hydrogen (secondary N) is 2. The third-order valence-electron chi connectivity index (χ3n) is 3.72. The molecule has 4 rings (SSSR count). The average molecular weight is 353 g/mol. The number of hydrogen-bond acceptors (Lipinski definition) is 5. The molecule has 6 nitrogen and oxygen atoms in total. The number of nitrogens with zero attached hydrogens (tertiary/aromatic N) is 1. The lowest BCUT2D eigenvalue weighted by Gasteiger charge is -2.10. The maximum atomic E-state index is 12.2. The molecule has 0 unspecified atom stereocenters. The van der Waals surface area contributed by atoms with E-state index < -0.39 is 0 Å². The molecule has 0 radical (unpaired) electrons. The van der Waals surface area contributed by atoms with Crippen LogP contribution in [-0.4, -0.2) is 17.8 Å². The SMILES string of the molecule is O=C(NCc1cccnc1-c1cccs1)Nc1ccc2c(c1)OCO2. The van der Waals surface area contributed by atoms with Crippen molar-refractivity contribution in [1.29, 1.82) is 0 Å². The van der Waals surface area contributed by atoms with Crippen LogP contribution in [0.1, 0.15) is 5.56 Å². The Balaban J connectivity index is 1.41. The van der Waals surface area contributed by atoms with Gasteiger partial charge in [0.2, 0.25) is 6.79 Å². The molecule has 2 aromatic heterocycles. The zero-order chi connectivity index (χ0) is 17.1. The van der Waals surface area contributed by atoms with Gasteiger partial charge in [0.25, 0.3) is 0 Å². The number of hydrogen-bond donors (Lipinski definition) is 2. The minimum Gasteiger partial charge on any atom is -0.454 e. The lowest BCUT2D eigenvalue weighted by atomic mass is 10.1. The second-order valence-electron chi connectivity index (χ2n) is 5.36. The number of urea groups is 1. The zero-order valence-corrected chi connectivity index (χ0v) is 14.0. The van der Waals surface area contributed by atoms with Crippen molar-refractivity contribution in [2.75, 3.05) is 12.1 Å². The van der Waals surface area contributed by atoms with Crippen LogP contribution in [0.2, 0.25) is 0 Å². The second-order valence-corrected chi connectivity index (χ2v) is 6.31. The number of ether oxygens (including phenoxy) is 2. The Labute approximate surface area is 148 Å². The molecule has 126 valence electrons. The molecular formula is C18H15N3O3S. The van der Waals surface area contributed by atoms with Crippen LogP contribution in [0.3, 0.4) is 0 Å². The molecule has 0 saturated carbocycles. The standard InChI is InChI=1S/C18H15N3O3S/c22-18(21-13-5-6-14-15(9-13)24-11-23-14)20-10-12-3-1-7-19-17(12)16-4-2-8-25-16/h1-9H,10-11H2,(H2,20,21,22). The van der Waals surface area contributed by atoms with E-state index in [0.717, 1.165) is 16.1 Å². The summed E-state index contributed by atoms with van der Waals surface area (Å²) < 4.78 is 10.6. The summed E-state index contributed by atoms with van der Waals surface area (Å²) in [4.78, 5) is 17.7. The van der Waals surface area contributed by atoms with Crippen LogP contribution in [0.15, 0.2) is 54.0 Å². The molecule has 0 atom stereocenters. The van der Waals surface area contributed by atoms with E-state index in [2.05, 4.69) is 15.6 Å². The lowest BCUT2D eigenvalue weighted by molar-refractivity contribution is 0.174. The van der Waals surface area contributed by atoms with E-state index in [4.69, 9.17) is 9.47 Å². The predicted molar refractivity (Wildman–Crippen MR) is 96.0 cm³/mol. The summed E-state index contributed by atoms with van der Waals surface area (Å²) in [6, 6.07) is 12.8. The van der Waals surface area contributed by atoms with Crippen molar-refractivity contribution < 1.29 is 14.3 Å². The molecule has 0 spiro atoms. The Morgan fingerprint density at radius 2 is 2.08 bits per heavy atom. The smallest absolute Gasteiger partial charge is 0.319 e. The van der Waals surface area contributed by atoms with Crippen LogP contribution in [0.25, 0.3) is 10.6 Å². The summed E-state index contributed by atoms with van der Waals surface area (Å²) in [5.41, 5.74) is 2.50. The molecule has 3 heterocycles. The number of fused-ring (bicyclic) bond motifs is 1. The highest BCUT2D eigenvalue weighted by molar-refractivity contribution is 7.13. The number of carbonyl (C=O) groups is 1. The molecule has 7 heteroatoms. The molecule has 1 aliphatic rings. The minimum atomic E-state index is -0.292. The Bertz CT molecular complexity index is 896. The van der Waals surface area contributed by atoms with Crippen LogP contribution in [0.5, 0.6) is 11.5 Å². The Morgan fingerprint density at radius 3 is 2.96 bits per heavy atom. The Hall–Kier alpha value is -3.06. The van der Waals surface area contributed by atoms with Gasteiger partial charge < -0.3 is 20.1 Å². The Kier molecular flexibility index (Phi) is 4.22.